The van der Waals surface area contributed by atoms with E-state index in [-0.39, 0.29) is 0 Å². The second kappa shape index (κ2) is 5.89. The van der Waals surface area contributed by atoms with E-state index in [1.807, 2.05) is 7.05 Å². The third-order valence-corrected chi connectivity index (χ3v) is 1.83. The van der Waals surface area contributed by atoms with Gasteiger partial charge in [0, 0.05) is 30.8 Å². The van der Waals surface area contributed by atoms with Gasteiger partial charge in [-0.15, -0.1) is 0 Å². The first-order chi connectivity index (χ1) is 7.27. The zero-order valence-electron chi connectivity index (χ0n) is 9.00. The smallest absolute Gasteiger partial charge is 0.166 e. The van der Waals surface area contributed by atoms with Crippen LogP contribution in [0, 0.1) is 11.8 Å². The molecule has 1 rings (SSSR count). The van der Waals surface area contributed by atoms with Crippen LogP contribution in [-0.4, -0.2) is 25.7 Å². The Morgan fingerprint density at radius 1 is 1.60 bits per heavy atom. The molecule has 0 aliphatic carbocycles. The molecule has 0 amide bonds. The highest BCUT2D eigenvalue weighted by Gasteiger charge is 1.99. The van der Waals surface area contributed by atoms with Gasteiger partial charge in [-0.3, -0.25) is 0 Å². The van der Waals surface area contributed by atoms with Gasteiger partial charge in [-0.05, 0) is 7.05 Å². The predicted molar refractivity (Wildman–Crippen MR) is 60.6 cm³/mol. The number of nitrogens with one attached hydrogen (secondary N) is 1. The third kappa shape index (κ3) is 3.49. The fourth-order valence-corrected chi connectivity index (χ4v) is 1.04. The molecule has 15 heavy (non-hydrogen) atoms. The van der Waals surface area contributed by atoms with E-state index in [0.29, 0.717) is 11.6 Å². The maximum Gasteiger partial charge on any atom is 0.166 e. The van der Waals surface area contributed by atoms with Crippen LogP contribution >= 0.6 is 0 Å². The van der Waals surface area contributed by atoms with Crippen LogP contribution in [0.25, 0.3) is 0 Å². The van der Waals surface area contributed by atoms with Crippen molar-refractivity contribution in [2.75, 3.05) is 26.4 Å². The summed E-state index contributed by atoms with van der Waals surface area (Å²) < 4.78 is 5.05. The molecule has 0 saturated carbocycles. The number of nitrogens with zero attached hydrogens (tertiary/aromatic N) is 1. The van der Waals surface area contributed by atoms with E-state index >= 15 is 0 Å². The molecule has 0 aliphatic rings. The van der Waals surface area contributed by atoms with E-state index in [0.717, 1.165) is 18.5 Å². The summed E-state index contributed by atoms with van der Waals surface area (Å²) in [4.78, 5) is 3.98. The molecule has 0 atom stereocenters. The summed E-state index contributed by atoms with van der Waals surface area (Å²) in [5.41, 5.74) is 6.40. The molecule has 4 heteroatoms. The van der Waals surface area contributed by atoms with Crippen molar-refractivity contribution in [3.8, 4) is 17.6 Å². The Morgan fingerprint density at radius 3 is 3.07 bits per heavy atom. The van der Waals surface area contributed by atoms with Gasteiger partial charge in [0.25, 0.3) is 0 Å². The molecule has 4 nitrogen and oxygen atoms in total. The van der Waals surface area contributed by atoms with Gasteiger partial charge in [-0.2, -0.15) is 0 Å². The maximum atomic E-state index is 5.58. The normalized spacial score (nSPS) is 9.20. The highest BCUT2D eigenvalue weighted by molar-refractivity contribution is 5.50. The van der Waals surface area contributed by atoms with Crippen molar-refractivity contribution >= 4 is 5.82 Å². The Bertz CT molecular complexity index is 379. The lowest BCUT2D eigenvalue weighted by Crippen LogP contribution is -2.05. The first-order valence-corrected chi connectivity index (χ1v) is 4.71. The van der Waals surface area contributed by atoms with Crippen molar-refractivity contribution in [2.24, 2.45) is 0 Å². The molecule has 0 radical (unpaired) electrons. The number of pyridine rings is 1. The fourth-order valence-electron chi connectivity index (χ4n) is 1.04. The quantitative estimate of drug-likeness (QED) is 0.561. The van der Waals surface area contributed by atoms with Gasteiger partial charge in [0.05, 0.1) is 7.11 Å². The Hall–Kier alpha value is -1.73. The highest BCUT2D eigenvalue weighted by atomic mass is 16.5. The minimum absolute atomic E-state index is 0.387. The molecule has 0 fully saturated rings. The lowest BCUT2D eigenvalue weighted by molar-refractivity contribution is 0.415. The van der Waals surface area contributed by atoms with E-state index in [1.165, 1.54) is 0 Å². The van der Waals surface area contributed by atoms with Gasteiger partial charge in [-0.1, -0.05) is 11.8 Å². The predicted octanol–water partition coefficient (Wildman–Crippen LogP) is 0.633. The molecule has 0 aliphatic heterocycles. The minimum Gasteiger partial charge on any atom is -0.493 e. The Labute approximate surface area is 89.8 Å². The summed E-state index contributed by atoms with van der Waals surface area (Å²) in [5.74, 6) is 6.97. The molecule has 80 valence electrons. The molecule has 0 spiro atoms. The first kappa shape index (κ1) is 11.3. The summed E-state index contributed by atoms with van der Waals surface area (Å²) in [5, 5.41) is 3.02. The number of hydrogen-bond acceptors (Lipinski definition) is 4. The summed E-state index contributed by atoms with van der Waals surface area (Å²) in [6.45, 7) is 0.881. The summed E-state index contributed by atoms with van der Waals surface area (Å²) in [6.07, 6.45) is 2.45. The standard InChI is InChI=1S/C11H15N3O/c1-13-6-4-3-5-9-7-10(15-2)11(12)14-8-9/h7-8,13H,4,6H2,1-2H3,(H2,12,14). The van der Waals surface area contributed by atoms with Gasteiger partial charge >= 0.3 is 0 Å². The van der Waals surface area contributed by atoms with E-state index in [9.17, 15) is 0 Å². The Balaban J connectivity index is 2.72. The van der Waals surface area contributed by atoms with Crippen LogP contribution in [0.2, 0.25) is 0 Å². The minimum atomic E-state index is 0.387. The van der Waals surface area contributed by atoms with Crippen LogP contribution in [0.15, 0.2) is 12.3 Å². The maximum absolute atomic E-state index is 5.58. The van der Waals surface area contributed by atoms with Crippen LogP contribution in [0.1, 0.15) is 12.0 Å². The summed E-state index contributed by atoms with van der Waals surface area (Å²) >= 11 is 0. The molecule has 1 heterocycles. The van der Waals surface area contributed by atoms with E-state index in [1.54, 1.807) is 19.4 Å². The average Bonchev–Trinajstić information content (AvgIpc) is 2.26. The number of nitrogen functional groups attached to an aromatic ring is 1. The van der Waals surface area contributed by atoms with Gasteiger partial charge in [0.2, 0.25) is 0 Å². The van der Waals surface area contributed by atoms with Crippen molar-refractivity contribution in [2.45, 2.75) is 6.42 Å². The summed E-state index contributed by atoms with van der Waals surface area (Å²) in [7, 11) is 3.46. The lowest BCUT2D eigenvalue weighted by atomic mass is 10.2. The molecule has 3 N–H and O–H groups in total. The molecule has 0 saturated heterocycles. The molecule has 0 aromatic carbocycles. The lowest BCUT2D eigenvalue weighted by Gasteiger charge is -2.02. The topological polar surface area (TPSA) is 60.2 Å². The number of aromatic nitrogens is 1. The molecular formula is C11H15N3O. The van der Waals surface area contributed by atoms with Crippen molar-refractivity contribution in [3.05, 3.63) is 17.8 Å². The first-order valence-electron chi connectivity index (χ1n) is 4.71. The van der Waals surface area contributed by atoms with Crippen molar-refractivity contribution in [3.63, 3.8) is 0 Å². The molecule has 1 aromatic heterocycles. The van der Waals surface area contributed by atoms with Gasteiger partial charge in [0.1, 0.15) is 0 Å². The fraction of sp³-hybridized carbons (Fsp3) is 0.364. The third-order valence-electron chi connectivity index (χ3n) is 1.83. The van der Waals surface area contributed by atoms with Crippen LogP contribution in [0.4, 0.5) is 5.82 Å². The number of anilines is 1. The van der Waals surface area contributed by atoms with Crippen molar-refractivity contribution < 1.29 is 4.74 Å². The number of nitrogens with two attached hydrogens (primary N) is 1. The zero-order valence-corrected chi connectivity index (χ0v) is 9.00. The van der Waals surface area contributed by atoms with Crippen molar-refractivity contribution in [1.29, 1.82) is 0 Å². The molecule has 0 unspecified atom stereocenters. The van der Waals surface area contributed by atoms with Crippen LogP contribution in [-0.2, 0) is 0 Å². The number of ether oxygens (including phenoxy) is 1. The van der Waals surface area contributed by atoms with E-state index < -0.39 is 0 Å². The number of rotatable bonds is 3. The second-order valence-electron chi connectivity index (χ2n) is 2.97. The van der Waals surface area contributed by atoms with Crippen LogP contribution in [0.5, 0.6) is 5.75 Å². The van der Waals surface area contributed by atoms with Crippen LogP contribution < -0.4 is 15.8 Å². The van der Waals surface area contributed by atoms with Gasteiger partial charge < -0.3 is 15.8 Å². The Kier molecular flexibility index (Phi) is 4.45. The number of hydrogen-bond donors (Lipinski definition) is 2. The second-order valence-corrected chi connectivity index (χ2v) is 2.97. The van der Waals surface area contributed by atoms with Gasteiger partial charge in [0.15, 0.2) is 11.6 Å². The van der Waals surface area contributed by atoms with E-state index in [2.05, 4.69) is 22.1 Å². The number of methoxy groups -OCH3 is 1. The Morgan fingerprint density at radius 2 is 2.40 bits per heavy atom. The zero-order chi connectivity index (χ0) is 11.1. The SMILES string of the molecule is CNCCC#Cc1cnc(N)c(OC)c1. The molecule has 1 aromatic rings. The average molecular weight is 205 g/mol. The van der Waals surface area contributed by atoms with Gasteiger partial charge in [-0.25, -0.2) is 4.98 Å². The monoisotopic (exact) mass is 205 g/mol. The summed E-state index contributed by atoms with van der Waals surface area (Å²) in [6, 6.07) is 1.79. The van der Waals surface area contributed by atoms with Crippen molar-refractivity contribution in [1.82, 2.24) is 10.3 Å². The van der Waals surface area contributed by atoms with E-state index in [4.69, 9.17) is 10.5 Å². The molecular weight excluding hydrogens is 190 g/mol. The largest absolute Gasteiger partial charge is 0.493 e. The highest BCUT2D eigenvalue weighted by Crippen LogP contribution is 2.18. The molecule has 0 bridgehead atoms. The van der Waals surface area contributed by atoms with Crippen LogP contribution in [0.3, 0.4) is 0 Å².